The molecular weight excluding hydrogens is 311 g/mol. The fourth-order valence-electron chi connectivity index (χ4n) is 2.12. The molecule has 0 saturated carbocycles. The molecule has 2 heterocycles. The first-order chi connectivity index (χ1) is 11.6. The first-order valence-corrected chi connectivity index (χ1v) is 7.16. The van der Waals surface area contributed by atoms with Crippen molar-refractivity contribution in [2.75, 3.05) is 5.32 Å². The van der Waals surface area contributed by atoms with E-state index in [0.717, 1.165) is 4.68 Å². The third-order valence-electron chi connectivity index (χ3n) is 3.24. The van der Waals surface area contributed by atoms with Gasteiger partial charge in [-0.2, -0.15) is 5.10 Å². The molecule has 3 rings (SSSR count). The van der Waals surface area contributed by atoms with Gasteiger partial charge in [-0.1, -0.05) is 12.1 Å². The number of amides is 1. The number of rotatable bonds is 4. The van der Waals surface area contributed by atoms with Crippen molar-refractivity contribution in [3.8, 4) is 0 Å². The SMILES string of the molecule is O=C(Nc1cccnc1)c1ccc(=O)n(Cc2cccc(F)c2)n1. The molecule has 0 unspecified atom stereocenters. The fraction of sp³-hybridized carbons (Fsp3) is 0.0588. The molecule has 0 aliphatic carbocycles. The van der Waals surface area contributed by atoms with Crippen LogP contribution in [0.2, 0.25) is 0 Å². The second kappa shape index (κ2) is 6.82. The maximum Gasteiger partial charge on any atom is 0.276 e. The van der Waals surface area contributed by atoms with E-state index in [1.807, 2.05) is 0 Å². The molecule has 0 spiro atoms. The monoisotopic (exact) mass is 324 g/mol. The van der Waals surface area contributed by atoms with E-state index in [9.17, 15) is 14.0 Å². The van der Waals surface area contributed by atoms with E-state index in [0.29, 0.717) is 11.3 Å². The summed E-state index contributed by atoms with van der Waals surface area (Å²) in [5.74, 6) is -0.859. The van der Waals surface area contributed by atoms with Gasteiger partial charge in [-0.25, -0.2) is 9.07 Å². The number of pyridine rings is 1. The number of carbonyl (C=O) groups excluding carboxylic acids is 1. The number of hydrogen-bond donors (Lipinski definition) is 1. The van der Waals surface area contributed by atoms with E-state index in [1.54, 1.807) is 30.5 Å². The number of carbonyl (C=O) groups is 1. The van der Waals surface area contributed by atoms with Crippen LogP contribution in [0.25, 0.3) is 0 Å². The number of hydrogen-bond acceptors (Lipinski definition) is 4. The minimum absolute atomic E-state index is 0.0740. The number of benzene rings is 1. The third kappa shape index (κ3) is 3.70. The lowest BCUT2D eigenvalue weighted by atomic mass is 10.2. The minimum Gasteiger partial charge on any atom is -0.319 e. The van der Waals surface area contributed by atoms with Gasteiger partial charge in [0.25, 0.3) is 11.5 Å². The van der Waals surface area contributed by atoms with Crippen molar-refractivity contribution >= 4 is 11.6 Å². The molecule has 0 fully saturated rings. The molecule has 0 aliphatic rings. The Hall–Kier alpha value is -3.35. The van der Waals surface area contributed by atoms with Gasteiger partial charge in [-0.3, -0.25) is 14.6 Å². The van der Waals surface area contributed by atoms with E-state index in [1.165, 1.54) is 30.5 Å². The van der Waals surface area contributed by atoms with Crippen LogP contribution in [-0.4, -0.2) is 20.7 Å². The van der Waals surface area contributed by atoms with Gasteiger partial charge in [0.05, 0.1) is 18.4 Å². The van der Waals surface area contributed by atoms with Crippen LogP contribution < -0.4 is 10.9 Å². The summed E-state index contributed by atoms with van der Waals surface area (Å²) >= 11 is 0. The quantitative estimate of drug-likeness (QED) is 0.797. The summed E-state index contributed by atoms with van der Waals surface area (Å²) in [6.45, 7) is 0.0740. The Morgan fingerprint density at radius 1 is 1.17 bits per heavy atom. The first kappa shape index (κ1) is 15.5. The molecule has 0 aliphatic heterocycles. The molecule has 7 heteroatoms. The summed E-state index contributed by atoms with van der Waals surface area (Å²) in [6.07, 6.45) is 3.09. The highest BCUT2D eigenvalue weighted by Crippen LogP contribution is 2.06. The normalized spacial score (nSPS) is 10.4. The van der Waals surface area contributed by atoms with Crippen LogP contribution in [0.1, 0.15) is 16.1 Å². The standard InChI is InChI=1S/C17H13FN4O2/c18-13-4-1-3-12(9-13)11-22-16(23)7-6-15(21-22)17(24)20-14-5-2-8-19-10-14/h1-10H,11H2,(H,20,24). The third-order valence-corrected chi connectivity index (χ3v) is 3.24. The number of nitrogens with one attached hydrogen (secondary N) is 1. The Bertz CT molecular complexity index is 925. The summed E-state index contributed by atoms with van der Waals surface area (Å²) < 4.78 is 14.4. The van der Waals surface area contributed by atoms with Gasteiger partial charge in [0.1, 0.15) is 11.5 Å². The molecular formula is C17H13FN4O2. The van der Waals surface area contributed by atoms with Crippen LogP contribution in [-0.2, 0) is 6.54 Å². The number of aromatic nitrogens is 3. The molecule has 0 atom stereocenters. The molecule has 120 valence electrons. The van der Waals surface area contributed by atoms with Gasteiger partial charge < -0.3 is 5.32 Å². The van der Waals surface area contributed by atoms with Crippen LogP contribution in [0, 0.1) is 5.82 Å². The van der Waals surface area contributed by atoms with Gasteiger partial charge in [0.2, 0.25) is 0 Å². The molecule has 0 saturated heterocycles. The van der Waals surface area contributed by atoms with Crippen molar-refractivity contribution in [2.24, 2.45) is 0 Å². The zero-order valence-electron chi connectivity index (χ0n) is 12.5. The summed E-state index contributed by atoms with van der Waals surface area (Å²) in [5.41, 5.74) is 0.800. The largest absolute Gasteiger partial charge is 0.319 e. The van der Waals surface area contributed by atoms with Gasteiger partial charge in [0.15, 0.2) is 0 Å². The molecule has 1 aromatic carbocycles. The summed E-state index contributed by atoms with van der Waals surface area (Å²) in [7, 11) is 0. The van der Waals surface area contributed by atoms with Crippen LogP contribution >= 0.6 is 0 Å². The summed E-state index contributed by atoms with van der Waals surface area (Å²) in [4.78, 5) is 28.0. The van der Waals surface area contributed by atoms with Crippen LogP contribution in [0.5, 0.6) is 0 Å². The van der Waals surface area contributed by atoms with E-state index in [-0.39, 0.29) is 17.8 Å². The molecule has 6 nitrogen and oxygen atoms in total. The van der Waals surface area contributed by atoms with E-state index < -0.39 is 11.7 Å². The van der Waals surface area contributed by atoms with Crippen molar-refractivity contribution in [2.45, 2.75) is 6.54 Å². The first-order valence-electron chi connectivity index (χ1n) is 7.16. The highest BCUT2D eigenvalue weighted by molar-refractivity contribution is 6.02. The minimum atomic E-state index is -0.462. The fourth-order valence-corrected chi connectivity index (χ4v) is 2.12. The highest BCUT2D eigenvalue weighted by atomic mass is 19.1. The lowest BCUT2D eigenvalue weighted by molar-refractivity contribution is 0.102. The number of halogens is 1. The van der Waals surface area contributed by atoms with Crippen molar-refractivity contribution in [3.05, 3.63) is 88.4 Å². The van der Waals surface area contributed by atoms with Gasteiger partial charge in [-0.15, -0.1) is 0 Å². The molecule has 0 radical (unpaired) electrons. The van der Waals surface area contributed by atoms with Gasteiger partial charge in [0, 0.05) is 12.3 Å². The Labute approximate surface area is 136 Å². The van der Waals surface area contributed by atoms with Crippen LogP contribution in [0.4, 0.5) is 10.1 Å². The Morgan fingerprint density at radius 3 is 2.79 bits per heavy atom. The maximum absolute atomic E-state index is 13.2. The Kier molecular flexibility index (Phi) is 4.42. The highest BCUT2D eigenvalue weighted by Gasteiger charge is 2.10. The summed E-state index contributed by atoms with van der Waals surface area (Å²) in [6, 6.07) is 11.8. The predicted octanol–water partition coefficient (Wildman–Crippen LogP) is 2.08. The maximum atomic E-state index is 13.2. The average molecular weight is 324 g/mol. The van der Waals surface area contributed by atoms with Crippen molar-refractivity contribution < 1.29 is 9.18 Å². The molecule has 3 aromatic rings. The van der Waals surface area contributed by atoms with E-state index in [2.05, 4.69) is 15.4 Å². The van der Waals surface area contributed by atoms with E-state index >= 15 is 0 Å². The lowest BCUT2D eigenvalue weighted by Crippen LogP contribution is -2.26. The zero-order chi connectivity index (χ0) is 16.9. The predicted molar refractivity (Wildman–Crippen MR) is 86.2 cm³/mol. The molecule has 24 heavy (non-hydrogen) atoms. The topological polar surface area (TPSA) is 76.9 Å². The second-order valence-corrected chi connectivity index (χ2v) is 5.04. The van der Waals surface area contributed by atoms with Gasteiger partial charge in [-0.05, 0) is 35.9 Å². The smallest absolute Gasteiger partial charge is 0.276 e. The molecule has 1 N–H and O–H groups in total. The Morgan fingerprint density at radius 2 is 2.04 bits per heavy atom. The second-order valence-electron chi connectivity index (χ2n) is 5.04. The van der Waals surface area contributed by atoms with Crippen molar-refractivity contribution in [3.63, 3.8) is 0 Å². The number of nitrogens with zero attached hydrogens (tertiary/aromatic N) is 3. The zero-order valence-corrected chi connectivity index (χ0v) is 12.5. The van der Waals surface area contributed by atoms with E-state index in [4.69, 9.17) is 0 Å². The van der Waals surface area contributed by atoms with Crippen molar-refractivity contribution in [1.82, 2.24) is 14.8 Å². The Balaban J connectivity index is 1.83. The molecule has 2 aromatic heterocycles. The average Bonchev–Trinajstić information content (AvgIpc) is 2.58. The summed E-state index contributed by atoms with van der Waals surface area (Å²) in [5, 5.41) is 6.68. The number of anilines is 1. The molecule has 0 bridgehead atoms. The van der Waals surface area contributed by atoms with Crippen LogP contribution in [0.15, 0.2) is 65.7 Å². The van der Waals surface area contributed by atoms with Crippen molar-refractivity contribution in [1.29, 1.82) is 0 Å². The van der Waals surface area contributed by atoms with Gasteiger partial charge >= 0.3 is 0 Å². The van der Waals surface area contributed by atoms with Crippen LogP contribution in [0.3, 0.4) is 0 Å². The lowest BCUT2D eigenvalue weighted by Gasteiger charge is -2.08. The molecule has 1 amide bonds.